The van der Waals surface area contributed by atoms with Gasteiger partial charge in [-0.15, -0.1) is 11.6 Å². The first-order valence-corrected chi connectivity index (χ1v) is 7.04. The van der Waals surface area contributed by atoms with Crippen LogP contribution in [-0.2, 0) is 4.79 Å². The molecule has 0 unspecified atom stereocenters. The topological polar surface area (TPSA) is 20.3 Å². The minimum absolute atomic E-state index is 0.307. The lowest BCUT2D eigenvalue weighted by atomic mass is 10.1. The van der Waals surface area contributed by atoms with Crippen LogP contribution < -0.4 is 0 Å². The number of amides is 1. The fourth-order valence-corrected chi connectivity index (χ4v) is 2.56. The molecule has 0 aromatic rings. The van der Waals surface area contributed by atoms with E-state index in [1.165, 1.54) is 25.7 Å². The van der Waals surface area contributed by atoms with Crippen molar-refractivity contribution >= 4 is 17.5 Å². The van der Waals surface area contributed by atoms with E-state index < -0.39 is 0 Å². The van der Waals surface area contributed by atoms with Gasteiger partial charge >= 0.3 is 0 Å². The van der Waals surface area contributed by atoms with Gasteiger partial charge in [-0.3, -0.25) is 4.79 Å². The summed E-state index contributed by atoms with van der Waals surface area (Å²) in [4.78, 5) is 14.2. The van der Waals surface area contributed by atoms with Gasteiger partial charge in [-0.2, -0.15) is 0 Å². The summed E-state index contributed by atoms with van der Waals surface area (Å²) in [6.45, 7) is 5.26. The van der Waals surface area contributed by atoms with Gasteiger partial charge in [-0.05, 0) is 25.2 Å². The Morgan fingerprint density at radius 3 is 2.50 bits per heavy atom. The van der Waals surface area contributed by atoms with Gasteiger partial charge in [0.25, 0.3) is 0 Å². The molecule has 2 nitrogen and oxygen atoms in total. The average molecular weight is 246 g/mol. The minimum atomic E-state index is 0.307. The van der Waals surface area contributed by atoms with Gasteiger partial charge < -0.3 is 4.90 Å². The van der Waals surface area contributed by atoms with E-state index in [0.717, 1.165) is 13.0 Å². The maximum absolute atomic E-state index is 12.1. The molecule has 1 fully saturated rings. The van der Waals surface area contributed by atoms with Gasteiger partial charge in [-0.25, -0.2) is 0 Å². The van der Waals surface area contributed by atoms with E-state index in [1.54, 1.807) is 0 Å². The zero-order valence-corrected chi connectivity index (χ0v) is 11.3. The fraction of sp³-hybridized carbons (Fsp3) is 0.923. The highest BCUT2D eigenvalue weighted by atomic mass is 35.5. The Morgan fingerprint density at radius 1 is 1.38 bits per heavy atom. The highest BCUT2D eigenvalue weighted by Crippen LogP contribution is 2.25. The molecule has 0 N–H and O–H groups in total. The Bertz CT molecular complexity index is 212. The van der Waals surface area contributed by atoms with Gasteiger partial charge in [0, 0.05) is 24.9 Å². The first-order chi connectivity index (χ1) is 7.65. The van der Waals surface area contributed by atoms with E-state index in [1.807, 2.05) is 0 Å². The number of carbonyl (C=O) groups is 1. The first-order valence-electron chi connectivity index (χ1n) is 6.50. The summed E-state index contributed by atoms with van der Waals surface area (Å²) >= 11 is 5.64. The Morgan fingerprint density at radius 2 is 2.00 bits per heavy atom. The lowest BCUT2D eigenvalue weighted by Gasteiger charge is -2.30. The van der Waals surface area contributed by atoms with E-state index in [2.05, 4.69) is 18.7 Å². The molecule has 3 heteroatoms. The largest absolute Gasteiger partial charge is 0.339 e. The summed E-state index contributed by atoms with van der Waals surface area (Å²) < 4.78 is 0. The van der Waals surface area contributed by atoms with Crippen molar-refractivity contribution in [1.82, 2.24) is 4.90 Å². The summed E-state index contributed by atoms with van der Waals surface area (Å²) in [5.74, 6) is 1.45. The average Bonchev–Trinajstić information content (AvgIpc) is 2.75. The van der Waals surface area contributed by atoms with Gasteiger partial charge in [0.2, 0.25) is 5.91 Å². The quantitative estimate of drug-likeness (QED) is 0.657. The molecule has 1 aliphatic rings. The summed E-state index contributed by atoms with van der Waals surface area (Å²) in [5.41, 5.74) is 0. The molecule has 94 valence electrons. The predicted molar refractivity (Wildman–Crippen MR) is 68.8 cm³/mol. The fourth-order valence-electron chi connectivity index (χ4n) is 2.43. The molecule has 0 aliphatic heterocycles. The molecule has 16 heavy (non-hydrogen) atoms. The standard InChI is InChI=1S/C13H24ClNO/c1-11(2)10-15(12-6-3-4-7-12)13(16)8-5-9-14/h11-12H,3-10H2,1-2H3. The molecule has 1 saturated carbocycles. The van der Waals surface area contributed by atoms with Crippen molar-refractivity contribution in [2.75, 3.05) is 12.4 Å². The number of rotatable bonds is 6. The van der Waals surface area contributed by atoms with E-state index >= 15 is 0 Å². The van der Waals surface area contributed by atoms with Gasteiger partial charge in [0.05, 0.1) is 0 Å². The molecule has 0 atom stereocenters. The van der Waals surface area contributed by atoms with Crippen molar-refractivity contribution in [3.8, 4) is 0 Å². The van der Waals surface area contributed by atoms with Gasteiger partial charge in [0.1, 0.15) is 0 Å². The van der Waals surface area contributed by atoms with Crippen LogP contribution in [0, 0.1) is 5.92 Å². The van der Waals surface area contributed by atoms with Crippen LogP contribution in [0.15, 0.2) is 0 Å². The molecule has 0 bridgehead atoms. The number of halogens is 1. The van der Waals surface area contributed by atoms with Crippen molar-refractivity contribution in [2.24, 2.45) is 5.92 Å². The Hall–Kier alpha value is -0.240. The zero-order chi connectivity index (χ0) is 12.0. The molecular formula is C13H24ClNO. The summed E-state index contributed by atoms with van der Waals surface area (Å²) in [6.07, 6.45) is 6.37. The molecule has 0 spiro atoms. The van der Waals surface area contributed by atoms with E-state index in [9.17, 15) is 4.79 Å². The first kappa shape index (κ1) is 13.8. The molecular weight excluding hydrogens is 222 g/mol. The predicted octanol–water partition coefficient (Wildman–Crippen LogP) is 3.43. The number of carbonyl (C=O) groups excluding carboxylic acids is 1. The maximum Gasteiger partial charge on any atom is 0.222 e. The van der Waals surface area contributed by atoms with E-state index in [-0.39, 0.29) is 0 Å². The smallest absolute Gasteiger partial charge is 0.222 e. The second-order valence-electron chi connectivity index (χ2n) is 5.17. The van der Waals surface area contributed by atoms with Crippen molar-refractivity contribution in [1.29, 1.82) is 0 Å². The van der Waals surface area contributed by atoms with Crippen LogP contribution in [0.5, 0.6) is 0 Å². The summed E-state index contributed by atoms with van der Waals surface area (Å²) in [5, 5.41) is 0. The highest BCUT2D eigenvalue weighted by molar-refractivity contribution is 6.17. The summed E-state index contributed by atoms with van der Waals surface area (Å²) in [6, 6.07) is 0.505. The van der Waals surface area contributed by atoms with E-state index in [4.69, 9.17) is 11.6 Å². The van der Waals surface area contributed by atoms with Crippen LogP contribution in [0.1, 0.15) is 52.4 Å². The van der Waals surface area contributed by atoms with Crippen LogP contribution in [0.2, 0.25) is 0 Å². The third-order valence-electron chi connectivity index (χ3n) is 3.17. The molecule has 0 aromatic heterocycles. The van der Waals surface area contributed by atoms with Crippen molar-refractivity contribution < 1.29 is 4.79 Å². The van der Waals surface area contributed by atoms with Crippen LogP contribution in [0.3, 0.4) is 0 Å². The maximum atomic E-state index is 12.1. The molecule has 1 aliphatic carbocycles. The lowest BCUT2D eigenvalue weighted by Crippen LogP contribution is -2.41. The van der Waals surface area contributed by atoms with Gasteiger partial charge in [-0.1, -0.05) is 26.7 Å². The van der Waals surface area contributed by atoms with Crippen LogP contribution in [0.4, 0.5) is 0 Å². The number of nitrogens with zero attached hydrogens (tertiary/aromatic N) is 1. The van der Waals surface area contributed by atoms with Crippen molar-refractivity contribution in [3.63, 3.8) is 0 Å². The Kier molecular flexibility index (Phi) is 6.18. The van der Waals surface area contributed by atoms with Crippen molar-refractivity contribution in [3.05, 3.63) is 0 Å². The van der Waals surface area contributed by atoms with E-state index in [0.29, 0.717) is 30.2 Å². The molecule has 0 radical (unpaired) electrons. The molecule has 0 saturated heterocycles. The Labute approximate surface area is 104 Å². The molecule has 1 amide bonds. The number of alkyl halides is 1. The lowest BCUT2D eigenvalue weighted by molar-refractivity contribution is -0.134. The van der Waals surface area contributed by atoms with Crippen LogP contribution >= 0.6 is 11.6 Å². The van der Waals surface area contributed by atoms with Gasteiger partial charge in [0.15, 0.2) is 0 Å². The summed E-state index contributed by atoms with van der Waals surface area (Å²) in [7, 11) is 0. The zero-order valence-electron chi connectivity index (χ0n) is 10.5. The molecule has 1 rings (SSSR count). The SMILES string of the molecule is CC(C)CN(C(=O)CCCCl)C1CCCC1. The minimum Gasteiger partial charge on any atom is -0.339 e. The third kappa shape index (κ3) is 4.32. The normalized spacial score (nSPS) is 17.0. The number of hydrogen-bond donors (Lipinski definition) is 0. The van der Waals surface area contributed by atoms with Crippen LogP contribution in [-0.4, -0.2) is 29.3 Å². The highest BCUT2D eigenvalue weighted by Gasteiger charge is 2.26. The monoisotopic (exact) mass is 245 g/mol. The second kappa shape index (κ2) is 7.16. The number of hydrogen-bond acceptors (Lipinski definition) is 1. The van der Waals surface area contributed by atoms with Crippen LogP contribution in [0.25, 0.3) is 0 Å². The molecule has 0 aromatic carbocycles. The van der Waals surface area contributed by atoms with Crippen molar-refractivity contribution in [2.45, 2.75) is 58.4 Å². The molecule has 0 heterocycles. The Balaban J connectivity index is 2.51. The third-order valence-corrected chi connectivity index (χ3v) is 3.44. The second-order valence-corrected chi connectivity index (χ2v) is 5.55.